The quantitative estimate of drug-likeness (QED) is 0.570. The predicted octanol–water partition coefficient (Wildman–Crippen LogP) is 2.38. The summed E-state index contributed by atoms with van der Waals surface area (Å²) in [4.78, 5) is 20.4. The summed E-state index contributed by atoms with van der Waals surface area (Å²) in [6, 6.07) is 11.4. The molecule has 1 aromatic carbocycles. The fraction of sp³-hybridized carbons (Fsp3) is 0.0625. The van der Waals surface area contributed by atoms with Crippen LogP contribution in [-0.4, -0.2) is 35.3 Å². The third kappa shape index (κ3) is 3.41. The van der Waals surface area contributed by atoms with Crippen LogP contribution in [0.5, 0.6) is 0 Å². The Morgan fingerprint density at radius 3 is 2.76 bits per heavy atom. The minimum atomic E-state index is -0.431. The molecule has 0 aliphatic carbocycles. The first-order valence-electron chi connectivity index (χ1n) is 7.44. The first kappa shape index (κ1) is 15.5. The Balaban J connectivity index is 1.46. The minimum Gasteiger partial charge on any atom is -0.302 e. The standard InChI is InChI=1S/C16H12BrN7O/c17-12-4-2-11(3-5-12)10-23-9-6-13(21-23)19-15(25)14-20-16-18-7-1-8-24(16)22-14/h1-9H,10H2,(H,19,21,25). The molecular weight excluding hydrogens is 386 g/mol. The second kappa shape index (κ2) is 6.44. The van der Waals surface area contributed by atoms with Gasteiger partial charge < -0.3 is 5.32 Å². The number of carbonyl (C=O) groups excluding carboxylic acids is 1. The van der Waals surface area contributed by atoms with Gasteiger partial charge in [0.1, 0.15) is 0 Å². The summed E-state index contributed by atoms with van der Waals surface area (Å²) < 4.78 is 4.22. The molecule has 4 rings (SSSR count). The summed E-state index contributed by atoms with van der Waals surface area (Å²) in [5.41, 5.74) is 1.11. The van der Waals surface area contributed by atoms with Gasteiger partial charge in [-0.3, -0.25) is 9.48 Å². The Labute approximate surface area is 150 Å². The van der Waals surface area contributed by atoms with Gasteiger partial charge in [-0.1, -0.05) is 28.1 Å². The number of anilines is 1. The molecule has 0 atom stereocenters. The van der Waals surface area contributed by atoms with E-state index in [-0.39, 0.29) is 5.82 Å². The predicted molar refractivity (Wildman–Crippen MR) is 94.2 cm³/mol. The molecule has 0 saturated heterocycles. The molecule has 0 spiro atoms. The lowest BCUT2D eigenvalue weighted by atomic mass is 10.2. The number of hydrogen-bond donors (Lipinski definition) is 1. The summed E-state index contributed by atoms with van der Waals surface area (Å²) >= 11 is 3.41. The van der Waals surface area contributed by atoms with Crippen LogP contribution in [0.4, 0.5) is 5.82 Å². The van der Waals surface area contributed by atoms with E-state index in [9.17, 15) is 4.79 Å². The van der Waals surface area contributed by atoms with Crippen LogP contribution in [-0.2, 0) is 6.54 Å². The van der Waals surface area contributed by atoms with E-state index in [0.29, 0.717) is 18.1 Å². The van der Waals surface area contributed by atoms with Crippen LogP contribution in [0.3, 0.4) is 0 Å². The summed E-state index contributed by atoms with van der Waals surface area (Å²) in [6.45, 7) is 0.611. The number of hydrogen-bond acceptors (Lipinski definition) is 5. The molecule has 9 heteroatoms. The number of benzene rings is 1. The van der Waals surface area contributed by atoms with E-state index in [4.69, 9.17) is 0 Å². The van der Waals surface area contributed by atoms with E-state index in [1.54, 1.807) is 35.4 Å². The van der Waals surface area contributed by atoms with Gasteiger partial charge in [-0.2, -0.15) is 10.1 Å². The van der Waals surface area contributed by atoms with Crippen LogP contribution in [0.25, 0.3) is 5.78 Å². The van der Waals surface area contributed by atoms with Crippen LogP contribution in [0.1, 0.15) is 16.2 Å². The normalized spacial score (nSPS) is 10.9. The van der Waals surface area contributed by atoms with Crippen LogP contribution in [0, 0.1) is 0 Å². The van der Waals surface area contributed by atoms with Gasteiger partial charge in [0.2, 0.25) is 5.82 Å². The van der Waals surface area contributed by atoms with Gasteiger partial charge >= 0.3 is 0 Å². The van der Waals surface area contributed by atoms with Crippen molar-refractivity contribution >= 4 is 33.4 Å². The highest BCUT2D eigenvalue weighted by Gasteiger charge is 2.14. The van der Waals surface area contributed by atoms with E-state index in [0.717, 1.165) is 10.0 Å². The second-order valence-corrected chi connectivity index (χ2v) is 6.19. The zero-order chi connectivity index (χ0) is 17.2. The van der Waals surface area contributed by atoms with E-state index < -0.39 is 5.91 Å². The Kier molecular flexibility index (Phi) is 3.98. The SMILES string of the molecule is O=C(Nc1ccn(Cc2ccc(Br)cc2)n1)c1nc2ncccn2n1. The maximum absolute atomic E-state index is 12.3. The van der Waals surface area contributed by atoms with E-state index in [1.807, 2.05) is 24.3 Å². The Morgan fingerprint density at radius 2 is 1.96 bits per heavy atom. The molecule has 0 fully saturated rings. The smallest absolute Gasteiger partial charge is 0.296 e. The number of fused-ring (bicyclic) bond motifs is 1. The van der Waals surface area contributed by atoms with Gasteiger partial charge in [-0.25, -0.2) is 9.50 Å². The lowest BCUT2D eigenvalue weighted by Crippen LogP contribution is -2.14. The molecule has 1 amide bonds. The largest absolute Gasteiger partial charge is 0.302 e. The van der Waals surface area contributed by atoms with Crippen LogP contribution >= 0.6 is 15.9 Å². The zero-order valence-corrected chi connectivity index (χ0v) is 14.5. The lowest BCUT2D eigenvalue weighted by molar-refractivity contribution is 0.101. The van der Waals surface area contributed by atoms with Gasteiger partial charge in [0.15, 0.2) is 5.82 Å². The van der Waals surface area contributed by atoms with Crippen molar-refractivity contribution in [3.63, 3.8) is 0 Å². The van der Waals surface area contributed by atoms with E-state index in [2.05, 4.69) is 41.4 Å². The molecule has 124 valence electrons. The van der Waals surface area contributed by atoms with Gasteiger partial charge in [0.25, 0.3) is 11.7 Å². The van der Waals surface area contributed by atoms with Crippen molar-refractivity contribution < 1.29 is 4.79 Å². The maximum atomic E-state index is 12.3. The van der Waals surface area contributed by atoms with Crippen LogP contribution in [0.15, 0.2) is 59.5 Å². The number of amides is 1. The fourth-order valence-electron chi connectivity index (χ4n) is 2.29. The average Bonchev–Trinajstić information content (AvgIpc) is 3.23. The Bertz CT molecular complexity index is 1010. The molecule has 25 heavy (non-hydrogen) atoms. The minimum absolute atomic E-state index is 0.0427. The highest BCUT2D eigenvalue weighted by atomic mass is 79.9. The monoisotopic (exact) mass is 397 g/mol. The third-order valence-corrected chi connectivity index (χ3v) is 3.99. The lowest BCUT2D eigenvalue weighted by Gasteiger charge is -2.02. The fourth-order valence-corrected chi connectivity index (χ4v) is 2.56. The molecular formula is C16H12BrN7O. The number of nitrogens with one attached hydrogen (secondary N) is 1. The first-order valence-corrected chi connectivity index (χ1v) is 8.23. The highest BCUT2D eigenvalue weighted by Crippen LogP contribution is 2.12. The molecule has 0 unspecified atom stereocenters. The van der Waals surface area contributed by atoms with Crippen LogP contribution in [0.2, 0.25) is 0 Å². The van der Waals surface area contributed by atoms with Crippen molar-refractivity contribution in [1.82, 2.24) is 29.4 Å². The van der Waals surface area contributed by atoms with Crippen molar-refractivity contribution in [2.75, 3.05) is 5.32 Å². The first-order chi connectivity index (χ1) is 12.2. The molecule has 8 nitrogen and oxygen atoms in total. The number of halogens is 1. The number of carbonyl (C=O) groups is 1. The van der Waals surface area contributed by atoms with Crippen molar-refractivity contribution in [2.45, 2.75) is 6.54 Å². The topological polar surface area (TPSA) is 90.0 Å². The van der Waals surface area contributed by atoms with Gasteiger partial charge in [0, 0.05) is 29.1 Å². The van der Waals surface area contributed by atoms with Crippen molar-refractivity contribution in [3.8, 4) is 0 Å². The number of aromatic nitrogens is 6. The molecule has 0 aliphatic rings. The molecule has 3 aromatic heterocycles. The molecule has 0 saturated carbocycles. The van der Waals surface area contributed by atoms with E-state index in [1.165, 1.54) is 4.52 Å². The van der Waals surface area contributed by atoms with Crippen LogP contribution < -0.4 is 5.32 Å². The summed E-state index contributed by atoms with van der Waals surface area (Å²) in [7, 11) is 0. The zero-order valence-electron chi connectivity index (χ0n) is 12.9. The van der Waals surface area contributed by atoms with Gasteiger partial charge in [-0.05, 0) is 23.8 Å². The van der Waals surface area contributed by atoms with Crippen molar-refractivity contribution in [3.05, 3.63) is 70.8 Å². The van der Waals surface area contributed by atoms with Gasteiger partial charge in [0.05, 0.1) is 6.54 Å². The van der Waals surface area contributed by atoms with Crippen molar-refractivity contribution in [2.24, 2.45) is 0 Å². The highest BCUT2D eigenvalue weighted by molar-refractivity contribution is 9.10. The molecule has 0 radical (unpaired) electrons. The molecule has 0 aliphatic heterocycles. The van der Waals surface area contributed by atoms with Gasteiger partial charge in [-0.15, -0.1) is 5.10 Å². The summed E-state index contributed by atoms with van der Waals surface area (Å²) in [6.07, 6.45) is 5.07. The molecule has 3 heterocycles. The summed E-state index contributed by atoms with van der Waals surface area (Å²) in [5.74, 6) is 0.419. The van der Waals surface area contributed by atoms with Crippen molar-refractivity contribution in [1.29, 1.82) is 0 Å². The molecule has 4 aromatic rings. The average molecular weight is 398 g/mol. The second-order valence-electron chi connectivity index (χ2n) is 5.28. The number of rotatable bonds is 4. The molecule has 1 N–H and O–H groups in total. The maximum Gasteiger partial charge on any atom is 0.296 e. The van der Waals surface area contributed by atoms with E-state index >= 15 is 0 Å². The summed E-state index contributed by atoms with van der Waals surface area (Å²) in [5, 5.41) is 11.1. The Morgan fingerprint density at radius 1 is 1.12 bits per heavy atom. The Hall–Kier alpha value is -3.07. The molecule has 0 bridgehead atoms. The third-order valence-electron chi connectivity index (χ3n) is 3.46. The number of nitrogens with zero attached hydrogens (tertiary/aromatic N) is 6.